The molecule has 0 unspecified atom stereocenters. The van der Waals surface area contributed by atoms with Gasteiger partial charge in [-0.1, -0.05) is 11.8 Å². The zero-order valence-corrected chi connectivity index (χ0v) is 12.3. The van der Waals surface area contributed by atoms with Crippen LogP contribution in [0.4, 0.5) is 37.7 Å². The van der Waals surface area contributed by atoms with Crippen LogP contribution in [0.2, 0.25) is 0 Å². The van der Waals surface area contributed by atoms with E-state index in [2.05, 4.69) is 10.3 Å². The lowest BCUT2D eigenvalue weighted by atomic mass is 10.1. The number of benzene rings is 1. The van der Waals surface area contributed by atoms with Crippen molar-refractivity contribution in [3.8, 4) is 6.19 Å². The largest absolute Gasteiger partial charge is 0.416 e. The minimum Gasteiger partial charge on any atom is -0.375 e. The van der Waals surface area contributed by atoms with E-state index in [1.165, 1.54) is 12.4 Å². The number of alkyl halides is 6. The van der Waals surface area contributed by atoms with E-state index in [1.54, 1.807) is 0 Å². The number of hydrogen-bond acceptors (Lipinski definition) is 4. The summed E-state index contributed by atoms with van der Waals surface area (Å²) in [6.45, 7) is -1.43. The zero-order valence-electron chi connectivity index (χ0n) is 11.5. The van der Waals surface area contributed by atoms with Crippen LogP contribution < -0.4 is 10.6 Å². The van der Waals surface area contributed by atoms with Crippen LogP contribution in [0.1, 0.15) is 5.56 Å². The van der Waals surface area contributed by atoms with Gasteiger partial charge in [0.1, 0.15) is 6.54 Å². The minimum absolute atomic E-state index is 0.0538. The van der Waals surface area contributed by atoms with E-state index in [0.29, 0.717) is 12.1 Å². The molecule has 0 aliphatic rings. The van der Waals surface area contributed by atoms with Crippen molar-refractivity contribution in [1.29, 1.82) is 5.26 Å². The third kappa shape index (κ3) is 6.27. The molecule has 0 radical (unpaired) electrons. The summed E-state index contributed by atoms with van der Waals surface area (Å²) in [5.41, 5.74) is -1.66. The van der Waals surface area contributed by atoms with Crippen LogP contribution in [0.15, 0.2) is 23.2 Å². The minimum atomic E-state index is -4.67. The molecule has 0 saturated heterocycles. The number of amidine groups is 1. The molecular formula is C12H10F6N4S. The lowest BCUT2D eigenvalue weighted by Gasteiger charge is -2.14. The summed E-state index contributed by atoms with van der Waals surface area (Å²) < 4.78 is 74.9. The highest BCUT2D eigenvalue weighted by atomic mass is 32.2. The van der Waals surface area contributed by atoms with E-state index in [1.807, 2.05) is 5.32 Å². The van der Waals surface area contributed by atoms with Gasteiger partial charge in [0.25, 0.3) is 0 Å². The third-order valence-corrected chi connectivity index (χ3v) is 2.96. The number of nitrogens with one attached hydrogen (secondary N) is 2. The quantitative estimate of drug-likeness (QED) is 0.281. The predicted octanol–water partition coefficient (Wildman–Crippen LogP) is 4.10. The molecule has 0 spiro atoms. The van der Waals surface area contributed by atoms with E-state index >= 15 is 0 Å². The van der Waals surface area contributed by atoms with Gasteiger partial charge < -0.3 is 5.32 Å². The second kappa shape index (κ2) is 7.45. The second-order valence-electron chi connectivity index (χ2n) is 4.06. The van der Waals surface area contributed by atoms with Crippen molar-refractivity contribution >= 4 is 28.3 Å². The highest BCUT2D eigenvalue weighted by Gasteiger charge is 2.32. The van der Waals surface area contributed by atoms with Gasteiger partial charge in [-0.25, -0.2) is 4.99 Å². The molecule has 0 amide bonds. The fourth-order valence-corrected chi connectivity index (χ4v) is 1.76. The first-order valence-corrected chi connectivity index (χ1v) is 7.09. The molecule has 23 heavy (non-hydrogen) atoms. The van der Waals surface area contributed by atoms with E-state index in [-0.39, 0.29) is 16.5 Å². The molecule has 1 aromatic rings. The van der Waals surface area contributed by atoms with Crippen molar-refractivity contribution in [2.45, 2.75) is 12.4 Å². The SMILES string of the molecule is CSC(=Nc1cc(C(F)(F)F)ccc1NCC(F)(F)F)NC#N. The van der Waals surface area contributed by atoms with E-state index < -0.39 is 24.5 Å². The van der Waals surface area contributed by atoms with Crippen LogP contribution >= 0.6 is 11.8 Å². The Hall–Kier alpha value is -2.09. The molecule has 0 aromatic heterocycles. The number of aliphatic imine (C=N–C) groups is 1. The van der Waals surface area contributed by atoms with E-state index in [0.717, 1.165) is 17.8 Å². The lowest BCUT2D eigenvalue weighted by Crippen LogP contribution is -2.21. The molecule has 0 heterocycles. The zero-order chi connectivity index (χ0) is 17.7. The number of hydrogen-bond donors (Lipinski definition) is 2. The van der Waals surface area contributed by atoms with Gasteiger partial charge in [-0.3, -0.25) is 5.32 Å². The van der Waals surface area contributed by atoms with Crippen molar-refractivity contribution in [2.75, 3.05) is 18.1 Å². The van der Waals surface area contributed by atoms with Gasteiger partial charge in [-0.05, 0) is 24.5 Å². The molecule has 0 saturated carbocycles. The fourth-order valence-electron chi connectivity index (χ4n) is 1.43. The van der Waals surface area contributed by atoms with Crippen LogP contribution in [0.5, 0.6) is 0 Å². The standard InChI is InChI=1S/C12H10F6N4S/c1-23-10(21-6-19)22-9-4-7(12(16,17)18)2-3-8(9)20-5-11(13,14)15/h2-4,20H,5H2,1H3,(H,21,22). The molecule has 1 aromatic carbocycles. The lowest BCUT2D eigenvalue weighted by molar-refractivity contribution is -0.137. The first-order valence-electron chi connectivity index (χ1n) is 5.86. The summed E-state index contributed by atoms with van der Waals surface area (Å²) in [7, 11) is 0. The van der Waals surface area contributed by atoms with Crippen LogP contribution in [0.25, 0.3) is 0 Å². The van der Waals surface area contributed by atoms with Crippen molar-refractivity contribution in [3.05, 3.63) is 23.8 Å². The van der Waals surface area contributed by atoms with Crippen molar-refractivity contribution in [2.24, 2.45) is 4.99 Å². The van der Waals surface area contributed by atoms with Gasteiger partial charge in [0.15, 0.2) is 11.4 Å². The Labute approximate surface area is 131 Å². The highest BCUT2D eigenvalue weighted by Crippen LogP contribution is 2.36. The summed E-state index contributed by atoms with van der Waals surface area (Å²) in [4.78, 5) is 3.76. The van der Waals surface area contributed by atoms with Crippen LogP contribution in [-0.4, -0.2) is 24.1 Å². The Balaban J connectivity index is 3.26. The Morgan fingerprint density at radius 1 is 1.26 bits per heavy atom. The molecule has 1 rings (SSSR count). The van der Waals surface area contributed by atoms with Gasteiger partial charge >= 0.3 is 12.4 Å². The first-order chi connectivity index (χ1) is 10.6. The maximum absolute atomic E-state index is 12.7. The third-order valence-electron chi connectivity index (χ3n) is 2.38. The van der Waals surface area contributed by atoms with Crippen LogP contribution in [0, 0.1) is 11.5 Å². The molecule has 11 heteroatoms. The number of anilines is 1. The first kappa shape index (κ1) is 19.0. The average Bonchev–Trinajstić information content (AvgIpc) is 2.43. The van der Waals surface area contributed by atoms with Crippen molar-refractivity contribution in [3.63, 3.8) is 0 Å². The number of rotatable bonds is 3. The molecule has 2 N–H and O–H groups in total. The van der Waals surface area contributed by atoms with Crippen molar-refractivity contribution in [1.82, 2.24) is 5.32 Å². The Kier molecular flexibility index (Phi) is 6.14. The maximum Gasteiger partial charge on any atom is 0.416 e. The summed E-state index contributed by atoms with van der Waals surface area (Å²) in [5, 5.41) is 12.6. The fraction of sp³-hybridized carbons (Fsp3) is 0.333. The summed E-state index contributed by atoms with van der Waals surface area (Å²) >= 11 is 0.920. The summed E-state index contributed by atoms with van der Waals surface area (Å²) in [5.74, 6) is 0. The van der Waals surface area contributed by atoms with Gasteiger partial charge in [0.05, 0.1) is 16.9 Å². The smallest absolute Gasteiger partial charge is 0.375 e. The number of thioether (sulfide) groups is 1. The topological polar surface area (TPSA) is 60.2 Å². The monoisotopic (exact) mass is 356 g/mol. The molecular weight excluding hydrogens is 346 g/mol. The molecule has 0 bridgehead atoms. The van der Waals surface area contributed by atoms with Gasteiger partial charge in [-0.2, -0.15) is 31.6 Å². The second-order valence-corrected chi connectivity index (χ2v) is 4.85. The van der Waals surface area contributed by atoms with Crippen LogP contribution in [-0.2, 0) is 6.18 Å². The van der Waals surface area contributed by atoms with Crippen LogP contribution in [0.3, 0.4) is 0 Å². The predicted molar refractivity (Wildman–Crippen MR) is 75.3 cm³/mol. The number of halogens is 6. The maximum atomic E-state index is 12.7. The van der Waals surface area contributed by atoms with Gasteiger partial charge in [-0.15, -0.1) is 0 Å². The van der Waals surface area contributed by atoms with Gasteiger partial charge in [0.2, 0.25) is 0 Å². The molecule has 0 aliphatic carbocycles. The van der Waals surface area contributed by atoms with Gasteiger partial charge in [0, 0.05) is 0 Å². The molecule has 4 nitrogen and oxygen atoms in total. The molecule has 0 atom stereocenters. The van der Waals surface area contributed by atoms with E-state index in [4.69, 9.17) is 5.26 Å². The Morgan fingerprint density at radius 3 is 2.39 bits per heavy atom. The number of nitriles is 1. The Bertz CT molecular complexity index is 617. The van der Waals surface area contributed by atoms with E-state index in [9.17, 15) is 26.3 Å². The summed E-state index contributed by atoms with van der Waals surface area (Å²) in [6.07, 6.45) is -6.18. The molecule has 126 valence electrons. The summed E-state index contributed by atoms with van der Waals surface area (Å²) in [6, 6.07) is 2.11. The number of nitrogens with zero attached hydrogens (tertiary/aromatic N) is 2. The highest BCUT2D eigenvalue weighted by molar-refractivity contribution is 8.13. The average molecular weight is 356 g/mol. The van der Waals surface area contributed by atoms with Crippen molar-refractivity contribution < 1.29 is 26.3 Å². The molecule has 0 aliphatic heterocycles. The molecule has 0 fully saturated rings. The normalized spacial score (nSPS) is 12.7. The Morgan fingerprint density at radius 2 is 1.91 bits per heavy atom.